The van der Waals surface area contributed by atoms with Gasteiger partial charge in [-0.15, -0.1) is 0 Å². The molecule has 0 aromatic heterocycles. The van der Waals surface area contributed by atoms with Gasteiger partial charge in [0.15, 0.2) is 17.6 Å². The number of carbonyl (C=O) groups excluding carboxylic acids is 2. The summed E-state index contributed by atoms with van der Waals surface area (Å²) in [7, 11) is 1.77. The lowest BCUT2D eigenvalue weighted by molar-refractivity contribution is -0.132. The second-order valence-electron chi connectivity index (χ2n) is 8.09. The number of nitrogens with one attached hydrogen (secondary N) is 2. The number of anilines is 1. The Kier molecular flexibility index (Phi) is 6.39. The fraction of sp³-hybridized carbons (Fsp3) is 0.417. The lowest BCUT2D eigenvalue weighted by atomic mass is 10.0. The fourth-order valence-corrected chi connectivity index (χ4v) is 3.93. The number of likely N-dealkylation sites (N-methyl/N-ethyl adjacent to an activating group) is 1. The summed E-state index contributed by atoms with van der Waals surface area (Å²) in [5.74, 6) is 2.04. The van der Waals surface area contributed by atoms with Crippen molar-refractivity contribution in [1.29, 1.82) is 0 Å². The molecule has 1 saturated heterocycles. The molecule has 170 valence electrons. The molecule has 2 aliphatic rings. The predicted molar refractivity (Wildman–Crippen MR) is 120 cm³/mol. The van der Waals surface area contributed by atoms with Crippen LogP contribution in [0.3, 0.4) is 0 Å². The van der Waals surface area contributed by atoms with Crippen LogP contribution in [0.5, 0.6) is 17.2 Å². The summed E-state index contributed by atoms with van der Waals surface area (Å²) in [6, 6.07) is 10.7. The van der Waals surface area contributed by atoms with Gasteiger partial charge in [-0.05, 0) is 54.8 Å². The first-order valence-electron chi connectivity index (χ1n) is 10.9. The van der Waals surface area contributed by atoms with E-state index in [0.29, 0.717) is 43.4 Å². The quantitative estimate of drug-likeness (QED) is 0.717. The van der Waals surface area contributed by atoms with E-state index in [0.717, 1.165) is 23.3 Å². The van der Waals surface area contributed by atoms with Crippen molar-refractivity contribution in [2.75, 3.05) is 32.1 Å². The normalized spacial score (nSPS) is 18.3. The number of ether oxygens (including phenoxy) is 3. The van der Waals surface area contributed by atoms with Crippen molar-refractivity contribution in [2.24, 2.45) is 0 Å². The average molecular weight is 440 g/mol. The van der Waals surface area contributed by atoms with Crippen molar-refractivity contribution >= 4 is 17.6 Å². The highest BCUT2D eigenvalue weighted by atomic mass is 16.6. The van der Waals surface area contributed by atoms with Crippen LogP contribution in [0.15, 0.2) is 36.4 Å². The second kappa shape index (κ2) is 9.38. The largest absolute Gasteiger partial charge is 0.486 e. The summed E-state index contributed by atoms with van der Waals surface area (Å²) < 4.78 is 17.1. The van der Waals surface area contributed by atoms with Gasteiger partial charge >= 0.3 is 6.03 Å². The monoisotopic (exact) mass is 439 g/mol. The molecule has 0 saturated carbocycles. The fourth-order valence-electron chi connectivity index (χ4n) is 3.93. The van der Waals surface area contributed by atoms with Crippen molar-refractivity contribution in [3.63, 3.8) is 0 Å². The minimum absolute atomic E-state index is 0.00557. The Morgan fingerprint density at radius 2 is 1.97 bits per heavy atom. The van der Waals surface area contributed by atoms with Crippen LogP contribution in [-0.4, -0.2) is 49.7 Å². The van der Waals surface area contributed by atoms with Crippen LogP contribution in [0.4, 0.5) is 10.5 Å². The summed E-state index contributed by atoms with van der Waals surface area (Å²) in [5, 5.41) is 5.93. The molecule has 2 aromatic carbocycles. The number of benzene rings is 2. The highest BCUT2D eigenvalue weighted by molar-refractivity contribution is 5.90. The van der Waals surface area contributed by atoms with Gasteiger partial charge in [-0.1, -0.05) is 13.0 Å². The number of urea groups is 1. The zero-order chi connectivity index (χ0) is 22.7. The summed E-state index contributed by atoms with van der Waals surface area (Å²) in [6.45, 7) is 5.67. The van der Waals surface area contributed by atoms with E-state index in [1.54, 1.807) is 24.1 Å². The zero-order valence-corrected chi connectivity index (χ0v) is 18.6. The van der Waals surface area contributed by atoms with Crippen LogP contribution in [-0.2, 0) is 4.79 Å². The van der Waals surface area contributed by atoms with E-state index in [-0.39, 0.29) is 18.0 Å². The van der Waals surface area contributed by atoms with E-state index in [1.165, 1.54) is 0 Å². The van der Waals surface area contributed by atoms with Gasteiger partial charge in [0.25, 0.3) is 5.91 Å². The van der Waals surface area contributed by atoms with Crippen molar-refractivity contribution in [2.45, 2.75) is 38.8 Å². The van der Waals surface area contributed by atoms with Gasteiger partial charge in [-0.25, -0.2) is 4.79 Å². The molecule has 0 spiro atoms. The Hall–Kier alpha value is -3.42. The molecule has 2 unspecified atom stereocenters. The van der Waals surface area contributed by atoms with E-state index < -0.39 is 6.10 Å². The van der Waals surface area contributed by atoms with E-state index >= 15 is 0 Å². The Labute approximate surface area is 187 Å². The molecular formula is C24H29N3O5. The molecule has 2 aliphatic heterocycles. The molecule has 2 heterocycles. The number of likely N-dealkylation sites (tertiary alicyclic amines) is 1. The zero-order valence-electron chi connectivity index (χ0n) is 18.6. The maximum Gasteiger partial charge on any atom is 0.319 e. The molecule has 2 atom stereocenters. The van der Waals surface area contributed by atoms with Crippen LogP contribution < -0.4 is 24.8 Å². The van der Waals surface area contributed by atoms with Gasteiger partial charge in [0.1, 0.15) is 19.0 Å². The van der Waals surface area contributed by atoms with Crippen LogP contribution in [0.1, 0.15) is 36.9 Å². The van der Waals surface area contributed by atoms with Crippen LogP contribution in [0.2, 0.25) is 0 Å². The van der Waals surface area contributed by atoms with Gasteiger partial charge in [-0.2, -0.15) is 0 Å². The number of hydrogen-bond acceptors (Lipinski definition) is 5. The van der Waals surface area contributed by atoms with E-state index in [2.05, 4.69) is 10.6 Å². The molecule has 8 nitrogen and oxygen atoms in total. The van der Waals surface area contributed by atoms with E-state index in [1.807, 2.05) is 38.1 Å². The molecule has 8 heteroatoms. The number of fused-ring (bicyclic) bond motifs is 1. The number of hydrogen-bond donors (Lipinski definition) is 2. The molecule has 0 radical (unpaired) electrons. The third kappa shape index (κ3) is 4.74. The average Bonchev–Trinajstić information content (AvgIpc) is 3.11. The Balaban J connectivity index is 1.38. The summed E-state index contributed by atoms with van der Waals surface area (Å²) >= 11 is 0. The van der Waals surface area contributed by atoms with Crippen LogP contribution in [0, 0.1) is 6.92 Å². The standard InChI is InChI=1S/C24H29N3O5/c1-4-18(16-5-8-20-22(14-16)31-12-11-30-20)25-24(29)26-19-7-6-17(13-15(19)2)32-21-9-10-27(3)23(21)28/h5-8,13-14,18,21H,4,9-12H2,1-3H3,(H2,25,26,29). The Bertz CT molecular complexity index is 1010. The first kappa shape index (κ1) is 21.8. The van der Waals surface area contributed by atoms with Gasteiger partial charge < -0.3 is 29.7 Å². The molecular weight excluding hydrogens is 410 g/mol. The highest BCUT2D eigenvalue weighted by Crippen LogP contribution is 2.33. The molecule has 4 rings (SSSR count). The SMILES string of the molecule is CCC(NC(=O)Nc1ccc(OC2CCN(C)C2=O)cc1C)c1ccc2c(c1)OCCO2. The Morgan fingerprint density at radius 3 is 2.66 bits per heavy atom. The number of amides is 3. The molecule has 2 N–H and O–H groups in total. The smallest absolute Gasteiger partial charge is 0.319 e. The highest BCUT2D eigenvalue weighted by Gasteiger charge is 2.30. The van der Waals surface area contributed by atoms with Crippen molar-refractivity contribution in [1.82, 2.24) is 10.2 Å². The number of nitrogens with zero attached hydrogens (tertiary/aromatic N) is 1. The van der Waals surface area contributed by atoms with E-state index in [4.69, 9.17) is 14.2 Å². The van der Waals surface area contributed by atoms with Crippen molar-refractivity contribution < 1.29 is 23.8 Å². The predicted octanol–water partition coefficient (Wildman–Crippen LogP) is 3.65. The number of rotatable bonds is 6. The molecule has 32 heavy (non-hydrogen) atoms. The van der Waals surface area contributed by atoms with E-state index in [9.17, 15) is 9.59 Å². The topological polar surface area (TPSA) is 89.1 Å². The van der Waals surface area contributed by atoms with Gasteiger partial charge in [0.2, 0.25) is 0 Å². The Morgan fingerprint density at radius 1 is 1.19 bits per heavy atom. The maximum atomic E-state index is 12.7. The molecule has 2 aromatic rings. The molecule has 0 bridgehead atoms. The van der Waals surface area contributed by atoms with Gasteiger partial charge in [0.05, 0.1) is 6.04 Å². The minimum atomic E-state index is -0.446. The third-order valence-electron chi connectivity index (χ3n) is 5.78. The summed E-state index contributed by atoms with van der Waals surface area (Å²) in [4.78, 5) is 26.4. The number of aryl methyl sites for hydroxylation is 1. The van der Waals surface area contributed by atoms with Gasteiger partial charge in [0, 0.05) is 25.7 Å². The maximum absolute atomic E-state index is 12.7. The summed E-state index contributed by atoms with van der Waals surface area (Å²) in [5.41, 5.74) is 2.49. The lowest BCUT2D eigenvalue weighted by Gasteiger charge is -2.22. The lowest BCUT2D eigenvalue weighted by Crippen LogP contribution is -2.32. The van der Waals surface area contributed by atoms with Crippen LogP contribution >= 0.6 is 0 Å². The van der Waals surface area contributed by atoms with Gasteiger partial charge in [-0.3, -0.25) is 4.79 Å². The molecule has 0 aliphatic carbocycles. The first-order valence-corrected chi connectivity index (χ1v) is 10.9. The van der Waals surface area contributed by atoms with Crippen molar-refractivity contribution in [3.05, 3.63) is 47.5 Å². The first-order chi connectivity index (χ1) is 15.4. The second-order valence-corrected chi connectivity index (χ2v) is 8.09. The minimum Gasteiger partial charge on any atom is -0.486 e. The third-order valence-corrected chi connectivity index (χ3v) is 5.78. The molecule has 1 fully saturated rings. The number of carbonyl (C=O) groups is 2. The van der Waals surface area contributed by atoms with Crippen molar-refractivity contribution in [3.8, 4) is 17.2 Å². The summed E-state index contributed by atoms with van der Waals surface area (Å²) in [6.07, 6.45) is 0.954. The van der Waals surface area contributed by atoms with Crippen LogP contribution in [0.25, 0.3) is 0 Å². The molecule has 3 amide bonds.